The molecule has 4 rings (SSSR count). The van der Waals surface area contributed by atoms with E-state index in [0.29, 0.717) is 44.0 Å². The van der Waals surface area contributed by atoms with Crippen LogP contribution in [0.3, 0.4) is 0 Å². The molecule has 0 unspecified atom stereocenters. The van der Waals surface area contributed by atoms with Crippen molar-refractivity contribution in [3.05, 3.63) is 35.9 Å². The highest BCUT2D eigenvalue weighted by Gasteiger charge is 2.53. The minimum Gasteiger partial charge on any atom is -0.354 e. The van der Waals surface area contributed by atoms with Crippen LogP contribution in [-0.2, 0) is 9.59 Å². The molecule has 2 saturated heterocycles. The van der Waals surface area contributed by atoms with Crippen molar-refractivity contribution < 1.29 is 14.4 Å². The van der Waals surface area contributed by atoms with E-state index in [1.54, 1.807) is 17.0 Å². The zero-order valence-corrected chi connectivity index (χ0v) is 14.2. The van der Waals surface area contributed by atoms with Gasteiger partial charge in [-0.25, -0.2) is 0 Å². The Morgan fingerprint density at radius 3 is 2.72 bits per heavy atom. The number of hydrogen-bond acceptors (Lipinski definition) is 3. The van der Waals surface area contributed by atoms with E-state index in [1.807, 2.05) is 18.2 Å². The number of benzene rings is 1. The van der Waals surface area contributed by atoms with Crippen LogP contribution < -0.4 is 10.6 Å². The standard InChI is InChI=1S/C19H23N3O3/c23-16(20-11-13-6-7-13)15-10-19(18(25)21-15)8-9-22(12-19)17(24)14-4-2-1-3-5-14/h1-5,13,15H,6-12H2,(H,20,23)(H,21,25)/t15-,19+/m0/s1. The van der Waals surface area contributed by atoms with Crippen molar-refractivity contribution in [2.24, 2.45) is 11.3 Å². The minimum atomic E-state index is -0.619. The van der Waals surface area contributed by atoms with Crippen molar-refractivity contribution >= 4 is 17.7 Å². The number of hydrogen-bond donors (Lipinski definition) is 2. The lowest BCUT2D eigenvalue weighted by atomic mass is 9.84. The molecule has 0 radical (unpaired) electrons. The van der Waals surface area contributed by atoms with Crippen molar-refractivity contribution in [2.45, 2.75) is 31.7 Å². The molecule has 132 valence electrons. The smallest absolute Gasteiger partial charge is 0.253 e. The average Bonchev–Trinajstić information content (AvgIpc) is 3.28. The predicted octanol–water partition coefficient (Wildman–Crippen LogP) is 0.934. The third-order valence-electron chi connectivity index (χ3n) is 5.62. The Bertz CT molecular complexity index is 701. The third kappa shape index (κ3) is 3.13. The molecule has 1 aromatic carbocycles. The third-order valence-corrected chi connectivity index (χ3v) is 5.62. The normalized spacial score (nSPS) is 28.2. The molecule has 6 nitrogen and oxygen atoms in total. The molecule has 1 spiro atoms. The molecule has 1 aliphatic carbocycles. The number of nitrogens with zero attached hydrogens (tertiary/aromatic N) is 1. The average molecular weight is 341 g/mol. The first kappa shape index (κ1) is 16.1. The van der Waals surface area contributed by atoms with Crippen LogP contribution in [-0.4, -0.2) is 48.3 Å². The molecule has 6 heteroatoms. The monoisotopic (exact) mass is 341 g/mol. The Hall–Kier alpha value is -2.37. The maximum atomic E-state index is 12.6. The number of likely N-dealkylation sites (tertiary alicyclic amines) is 1. The van der Waals surface area contributed by atoms with Gasteiger partial charge in [-0.15, -0.1) is 0 Å². The van der Waals surface area contributed by atoms with Crippen LogP contribution in [0.5, 0.6) is 0 Å². The van der Waals surface area contributed by atoms with Gasteiger partial charge >= 0.3 is 0 Å². The van der Waals surface area contributed by atoms with Gasteiger partial charge in [-0.1, -0.05) is 18.2 Å². The molecule has 1 aromatic rings. The topological polar surface area (TPSA) is 78.5 Å². The molecule has 25 heavy (non-hydrogen) atoms. The molecule has 2 N–H and O–H groups in total. The number of carbonyl (C=O) groups excluding carboxylic acids is 3. The summed E-state index contributed by atoms with van der Waals surface area (Å²) in [6, 6.07) is 8.64. The van der Waals surface area contributed by atoms with E-state index >= 15 is 0 Å². The van der Waals surface area contributed by atoms with E-state index in [2.05, 4.69) is 10.6 Å². The first-order valence-corrected chi connectivity index (χ1v) is 9.00. The molecular formula is C19H23N3O3. The van der Waals surface area contributed by atoms with Gasteiger partial charge in [0.05, 0.1) is 5.41 Å². The molecule has 3 aliphatic rings. The van der Waals surface area contributed by atoms with E-state index in [-0.39, 0.29) is 17.7 Å². The number of rotatable bonds is 4. The molecular weight excluding hydrogens is 318 g/mol. The second-order valence-corrected chi connectivity index (χ2v) is 7.54. The summed E-state index contributed by atoms with van der Waals surface area (Å²) in [5.74, 6) is 0.375. The zero-order valence-electron chi connectivity index (χ0n) is 14.2. The van der Waals surface area contributed by atoms with Crippen molar-refractivity contribution in [3.63, 3.8) is 0 Å². The first-order chi connectivity index (χ1) is 12.1. The second kappa shape index (κ2) is 6.17. The first-order valence-electron chi connectivity index (χ1n) is 9.00. The van der Waals surface area contributed by atoms with Gasteiger partial charge in [0.1, 0.15) is 6.04 Å². The van der Waals surface area contributed by atoms with Crippen LogP contribution in [0.4, 0.5) is 0 Å². The van der Waals surface area contributed by atoms with Gasteiger partial charge in [0, 0.05) is 25.2 Å². The summed E-state index contributed by atoms with van der Waals surface area (Å²) in [6.45, 7) is 1.65. The van der Waals surface area contributed by atoms with Gasteiger partial charge in [0.2, 0.25) is 11.8 Å². The minimum absolute atomic E-state index is 0.0492. The molecule has 2 heterocycles. The zero-order chi connectivity index (χ0) is 17.4. The van der Waals surface area contributed by atoms with Crippen LogP contribution in [0.1, 0.15) is 36.0 Å². The highest BCUT2D eigenvalue weighted by Crippen LogP contribution is 2.40. The van der Waals surface area contributed by atoms with Gasteiger partial charge in [0.15, 0.2) is 0 Å². The summed E-state index contributed by atoms with van der Waals surface area (Å²) in [6.07, 6.45) is 3.44. The van der Waals surface area contributed by atoms with Crippen LogP contribution in [0, 0.1) is 11.3 Å². The highest BCUT2D eigenvalue weighted by molar-refractivity contribution is 5.97. The van der Waals surface area contributed by atoms with Crippen molar-refractivity contribution in [1.82, 2.24) is 15.5 Å². The molecule has 2 atom stereocenters. The molecule has 0 aromatic heterocycles. The SMILES string of the molecule is O=C(NCC1CC1)[C@@H]1C[C@@]2(CCN(C(=O)c3ccccc3)C2)C(=O)N1. The summed E-state index contributed by atoms with van der Waals surface area (Å²) < 4.78 is 0. The van der Waals surface area contributed by atoms with Crippen molar-refractivity contribution in [3.8, 4) is 0 Å². The van der Waals surface area contributed by atoms with Crippen LogP contribution >= 0.6 is 0 Å². The Kier molecular flexibility index (Phi) is 3.98. The maximum absolute atomic E-state index is 12.6. The Morgan fingerprint density at radius 1 is 1.24 bits per heavy atom. The van der Waals surface area contributed by atoms with Gasteiger partial charge in [0.25, 0.3) is 5.91 Å². The van der Waals surface area contributed by atoms with Crippen LogP contribution in [0.2, 0.25) is 0 Å². The molecule has 3 fully saturated rings. The van der Waals surface area contributed by atoms with Crippen LogP contribution in [0.25, 0.3) is 0 Å². The second-order valence-electron chi connectivity index (χ2n) is 7.54. The summed E-state index contributed by atoms with van der Waals surface area (Å²) in [5, 5.41) is 5.78. The van der Waals surface area contributed by atoms with E-state index in [1.165, 1.54) is 12.8 Å². The molecule has 2 aliphatic heterocycles. The summed E-state index contributed by atoms with van der Waals surface area (Å²) in [4.78, 5) is 39.2. The Morgan fingerprint density at radius 2 is 2.00 bits per heavy atom. The predicted molar refractivity (Wildman–Crippen MR) is 91.7 cm³/mol. The van der Waals surface area contributed by atoms with E-state index in [9.17, 15) is 14.4 Å². The molecule has 3 amide bonds. The number of amides is 3. The van der Waals surface area contributed by atoms with E-state index in [0.717, 1.165) is 0 Å². The highest BCUT2D eigenvalue weighted by atomic mass is 16.2. The van der Waals surface area contributed by atoms with E-state index in [4.69, 9.17) is 0 Å². The number of carbonyl (C=O) groups is 3. The van der Waals surface area contributed by atoms with Gasteiger partial charge in [-0.2, -0.15) is 0 Å². The largest absolute Gasteiger partial charge is 0.354 e. The molecule has 1 saturated carbocycles. The Balaban J connectivity index is 1.40. The molecule has 0 bridgehead atoms. The maximum Gasteiger partial charge on any atom is 0.253 e. The summed E-state index contributed by atoms with van der Waals surface area (Å²) in [5.41, 5.74) is 0.0168. The van der Waals surface area contributed by atoms with Crippen molar-refractivity contribution in [2.75, 3.05) is 19.6 Å². The van der Waals surface area contributed by atoms with Gasteiger partial charge < -0.3 is 15.5 Å². The van der Waals surface area contributed by atoms with Crippen LogP contribution in [0.15, 0.2) is 30.3 Å². The Labute approximate surface area is 147 Å². The lowest BCUT2D eigenvalue weighted by Gasteiger charge is -2.21. The van der Waals surface area contributed by atoms with Gasteiger partial charge in [-0.3, -0.25) is 14.4 Å². The van der Waals surface area contributed by atoms with Gasteiger partial charge in [-0.05, 0) is 43.7 Å². The summed E-state index contributed by atoms with van der Waals surface area (Å²) in [7, 11) is 0. The quantitative estimate of drug-likeness (QED) is 0.855. The fourth-order valence-corrected chi connectivity index (χ4v) is 3.86. The lowest BCUT2D eigenvalue weighted by molar-refractivity contribution is -0.128. The van der Waals surface area contributed by atoms with Crippen molar-refractivity contribution in [1.29, 1.82) is 0 Å². The number of nitrogens with one attached hydrogen (secondary N) is 2. The summed E-state index contributed by atoms with van der Waals surface area (Å²) >= 11 is 0. The lowest BCUT2D eigenvalue weighted by Crippen LogP contribution is -2.42. The fourth-order valence-electron chi connectivity index (χ4n) is 3.86. The van der Waals surface area contributed by atoms with E-state index < -0.39 is 11.5 Å². The fraction of sp³-hybridized carbons (Fsp3) is 0.526.